The first kappa shape index (κ1) is 12.9. The highest BCUT2D eigenvalue weighted by molar-refractivity contribution is 5.85. The summed E-state index contributed by atoms with van der Waals surface area (Å²) in [6, 6.07) is 0. The normalized spacial score (nSPS) is 13.4. The molecular weight excluding hydrogens is 184 g/mol. The molecule has 1 atom stereocenters. The topological polar surface area (TPSA) is 78.4 Å². The number of carbonyl (C=O) groups excluding carboxylic acids is 1. The van der Waals surface area contributed by atoms with E-state index in [9.17, 15) is 9.59 Å². The molecule has 1 unspecified atom stereocenters. The molecule has 1 amide bonds. The van der Waals surface area contributed by atoms with Crippen molar-refractivity contribution in [2.45, 2.75) is 26.3 Å². The number of hydrogen-bond acceptors (Lipinski definition) is 3. The van der Waals surface area contributed by atoms with Crippen molar-refractivity contribution in [2.75, 3.05) is 13.6 Å². The molecule has 0 saturated carbocycles. The van der Waals surface area contributed by atoms with Crippen LogP contribution in [0.2, 0.25) is 0 Å². The molecule has 0 aromatic rings. The van der Waals surface area contributed by atoms with Crippen LogP contribution in [0.3, 0.4) is 0 Å². The van der Waals surface area contributed by atoms with E-state index in [0.29, 0.717) is 0 Å². The van der Waals surface area contributed by atoms with E-state index in [4.69, 9.17) is 5.11 Å². The van der Waals surface area contributed by atoms with E-state index in [-0.39, 0.29) is 12.5 Å². The van der Waals surface area contributed by atoms with Crippen molar-refractivity contribution in [3.63, 3.8) is 0 Å². The molecule has 3 N–H and O–H groups in total. The third-order valence-corrected chi connectivity index (χ3v) is 2.18. The largest absolute Gasteiger partial charge is 0.481 e. The SMILES string of the molecule is CNC(C)(C)C(=O)NCC(C)C(=O)O. The van der Waals surface area contributed by atoms with Crippen LogP contribution in [0.25, 0.3) is 0 Å². The van der Waals surface area contributed by atoms with Gasteiger partial charge in [0.2, 0.25) is 5.91 Å². The van der Waals surface area contributed by atoms with Gasteiger partial charge in [0.15, 0.2) is 0 Å². The molecule has 0 heterocycles. The Kier molecular flexibility index (Phi) is 4.56. The molecule has 0 fully saturated rings. The molecule has 0 aliphatic carbocycles. The Bertz CT molecular complexity index is 226. The summed E-state index contributed by atoms with van der Waals surface area (Å²) in [4.78, 5) is 21.9. The lowest BCUT2D eigenvalue weighted by Gasteiger charge is -2.23. The van der Waals surface area contributed by atoms with Gasteiger partial charge >= 0.3 is 5.97 Å². The highest BCUT2D eigenvalue weighted by atomic mass is 16.4. The Morgan fingerprint density at radius 3 is 2.29 bits per heavy atom. The summed E-state index contributed by atoms with van der Waals surface area (Å²) < 4.78 is 0. The Hall–Kier alpha value is -1.10. The summed E-state index contributed by atoms with van der Waals surface area (Å²) in [6.45, 7) is 5.16. The molecule has 0 aliphatic rings. The zero-order valence-electron chi connectivity index (χ0n) is 9.05. The monoisotopic (exact) mass is 202 g/mol. The number of aliphatic carboxylic acids is 1. The van der Waals surface area contributed by atoms with Crippen LogP contribution < -0.4 is 10.6 Å². The number of nitrogens with one attached hydrogen (secondary N) is 2. The van der Waals surface area contributed by atoms with Gasteiger partial charge in [0.25, 0.3) is 0 Å². The average molecular weight is 202 g/mol. The second-order valence-electron chi connectivity index (χ2n) is 3.82. The lowest BCUT2D eigenvalue weighted by atomic mass is 10.0. The smallest absolute Gasteiger partial charge is 0.308 e. The van der Waals surface area contributed by atoms with Gasteiger partial charge in [-0.3, -0.25) is 9.59 Å². The maximum absolute atomic E-state index is 11.5. The molecule has 0 aromatic carbocycles. The van der Waals surface area contributed by atoms with Crippen molar-refractivity contribution in [1.82, 2.24) is 10.6 Å². The highest BCUT2D eigenvalue weighted by Crippen LogP contribution is 2.01. The van der Waals surface area contributed by atoms with Crippen molar-refractivity contribution in [1.29, 1.82) is 0 Å². The number of carboxylic acid groups (broad SMARTS) is 1. The van der Waals surface area contributed by atoms with Crippen LogP contribution in [0.4, 0.5) is 0 Å². The minimum atomic E-state index is -0.910. The molecule has 82 valence electrons. The maximum Gasteiger partial charge on any atom is 0.308 e. The Morgan fingerprint density at radius 2 is 1.93 bits per heavy atom. The molecule has 0 radical (unpaired) electrons. The lowest BCUT2D eigenvalue weighted by Crippen LogP contribution is -2.52. The lowest BCUT2D eigenvalue weighted by molar-refractivity contribution is -0.141. The number of hydrogen-bond donors (Lipinski definition) is 3. The predicted molar refractivity (Wildman–Crippen MR) is 52.9 cm³/mol. The van der Waals surface area contributed by atoms with Crippen LogP contribution in [0.1, 0.15) is 20.8 Å². The van der Waals surface area contributed by atoms with Crippen molar-refractivity contribution < 1.29 is 14.7 Å². The van der Waals surface area contributed by atoms with E-state index in [1.807, 2.05) is 0 Å². The minimum absolute atomic E-state index is 0.152. The number of carboxylic acids is 1. The highest BCUT2D eigenvalue weighted by Gasteiger charge is 2.25. The summed E-state index contributed by atoms with van der Waals surface area (Å²) in [7, 11) is 1.68. The van der Waals surface area contributed by atoms with Crippen LogP contribution in [0.15, 0.2) is 0 Å². The fourth-order valence-corrected chi connectivity index (χ4v) is 0.668. The first-order valence-electron chi connectivity index (χ1n) is 4.51. The standard InChI is InChI=1S/C9H18N2O3/c1-6(7(12)13)5-11-8(14)9(2,3)10-4/h6,10H,5H2,1-4H3,(H,11,14)(H,12,13). The van der Waals surface area contributed by atoms with Gasteiger partial charge in [0.1, 0.15) is 0 Å². The third-order valence-electron chi connectivity index (χ3n) is 2.18. The minimum Gasteiger partial charge on any atom is -0.481 e. The van der Waals surface area contributed by atoms with Crippen molar-refractivity contribution >= 4 is 11.9 Å². The van der Waals surface area contributed by atoms with Crippen molar-refractivity contribution in [2.24, 2.45) is 5.92 Å². The Balaban J connectivity index is 4.03. The van der Waals surface area contributed by atoms with Gasteiger partial charge in [0, 0.05) is 6.54 Å². The molecule has 0 aromatic heterocycles. The van der Waals surface area contributed by atoms with Crippen LogP contribution in [0.5, 0.6) is 0 Å². The fourth-order valence-electron chi connectivity index (χ4n) is 0.668. The molecular formula is C9H18N2O3. The van der Waals surface area contributed by atoms with E-state index >= 15 is 0 Å². The van der Waals surface area contributed by atoms with E-state index in [0.717, 1.165) is 0 Å². The first-order chi connectivity index (χ1) is 6.31. The van der Waals surface area contributed by atoms with Crippen LogP contribution >= 0.6 is 0 Å². The van der Waals surface area contributed by atoms with E-state index in [1.165, 1.54) is 0 Å². The summed E-state index contributed by atoms with van der Waals surface area (Å²) >= 11 is 0. The summed E-state index contributed by atoms with van der Waals surface area (Å²) in [5, 5.41) is 14.0. The molecule has 14 heavy (non-hydrogen) atoms. The summed E-state index contributed by atoms with van der Waals surface area (Å²) in [5.74, 6) is -1.67. The van der Waals surface area contributed by atoms with Gasteiger partial charge in [0.05, 0.1) is 11.5 Å². The third kappa shape index (κ3) is 3.74. The van der Waals surface area contributed by atoms with Crippen LogP contribution in [0, 0.1) is 5.92 Å². The van der Waals surface area contributed by atoms with Gasteiger partial charge in [-0.25, -0.2) is 0 Å². The quantitative estimate of drug-likeness (QED) is 0.578. The molecule has 0 spiro atoms. The van der Waals surface area contributed by atoms with E-state index in [1.54, 1.807) is 27.8 Å². The average Bonchev–Trinajstić information content (AvgIpc) is 2.13. The van der Waals surface area contributed by atoms with Gasteiger partial charge < -0.3 is 15.7 Å². The second-order valence-corrected chi connectivity index (χ2v) is 3.82. The zero-order valence-corrected chi connectivity index (χ0v) is 9.05. The van der Waals surface area contributed by atoms with Crippen molar-refractivity contribution in [3.8, 4) is 0 Å². The maximum atomic E-state index is 11.5. The van der Waals surface area contributed by atoms with Gasteiger partial charge in [-0.15, -0.1) is 0 Å². The van der Waals surface area contributed by atoms with Crippen molar-refractivity contribution in [3.05, 3.63) is 0 Å². The van der Waals surface area contributed by atoms with Gasteiger partial charge in [-0.2, -0.15) is 0 Å². The molecule has 0 rings (SSSR count). The number of likely N-dealkylation sites (N-methyl/N-ethyl adjacent to an activating group) is 1. The molecule has 0 bridgehead atoms. The van der Waals surface area contributed by atoms with Crippen LogP contribution in [-0.2, 0) is 9.59 Å². The van der Waals surface area contributed by atoms with Crippen LogP contribution in [-0.4, -0.2) is 36.1 Å². The summed E-state index contributed by atoms with van der Waals surface area (Å²) in [6.07, 6.45) is 0. The molecule has 0 saturated heterocycles. The Labute approximate surface area is 83.9 Å². The molecule has 5 heteroatoms. The van der Waals surface area contributed by atoms with Gasteiger partial charge in [-0.1, -0.05) is 6.92 Å². The van der Waals surface area contributed by atoms with E-state index in [2.05, 4.69) is 10.6 Å². The number of rotatable bonds is 5. The second kappa shape index (κ2) is 4.95. The molecule has 0 aliphatic heterocycles. The fraction of sp³-hybridized carbons (Fsp3) is 0.778. The van der Waals surface area contributed by atoms with E-state index < -0.39 is 17.4 Å². The zero-order chi connectivity index (χ0) is 11.4. The predicted octanol–water partition coefficient (Wildman–Crippen LogP) is -0.179. The molecule has 5 nitrogen and oxygen atoms in total. The van der Waals surface area contributed by atoms with Gasteiger partial charge in [-0.05, 0) is 20.9 Å². The number of carbonyl (C=O) groups is 2. The Morgan fingerprint density at radius 1 is 1.43 bits per heavy atom. The number of amides is 1. The summed E-state index contributed by atoms with van der Waals surface area (Å²) in [5.41, 5.74) is -0.668. The first-order valence-corrected chi connectivity index (χ1v) is 4.51.